The molecule has 0 unspecified atom stereocenters. The van der Waals surface area contributed by atoms with Gasteiger partial charge in [-0.1, -0.05) is 30.3 Å². The number of amides is 2. The van der Waals surface area contributed by atoms with Crippen molar-refractivity contribution < 1.29 is 19.0 Å². The SMILES string of the molecule is CC(=O)Nc1ccc(NC(=O)[C@H](C)[n+]2ccc(C(=O)c3ccccc3)cc2)cc1. The molecule has 0 saturated carbocycles. The van der Waals surface area contributed by atoms with Crippen molar-refractivity contribution in [2.24, 2.45) is 0 Å². The van der Waals surface area contributed by atoms with Crippen molar-refractivity contribution in [3.63, 3.8) is 0 Å². The molecule has 1 heterocycles. The molecule has 1 aromatic heterocycles. The van der Waals surface area contributed by atoms with Gasteiger partial charge in [0, 0.05) is 48.5 Å². The molecular weight excluding hydrogens is 366 g/mol. The van der Waals surface area contributed by atoms with E-state index in [1.165, 1.54) is 6.92 Å². The molecular formula is C23H22N3O3+. The third-order valence-electron chi connectivity index (χ3n) is 4.45. The number of carbonyl (C=O) groups excluding carboxylic acids is 3. The van der Waals surface area contributed by atoms with Gasteiger partial charge in [-0.2, -0.15) is 4.57 Å². The number of hydrogen-bond donors (Lipinski definition) is 2. The smallest absolute Gasteiger partial charge is 0.293 e. The third-order valence-corrected chi connectivity index (χ3v) is 4.45. The summed E-state index contributed by atoms with van der Waals surface area (Å²) in [5, 5.41) is 5.52. The largest absolute Gasteiger partial charge is 0.326 e. The van der Waals surface area contributed by atoms with E-state index in [0.717, 1.165) is 0 Å². The van der Waals surface area contributed by atoms with Gasteiger partial charge in [0.1, 0.15) is 0 Å². The quantitative estimate of drug-likeness (QED) is 0.502. The maximum atomic E-state index is 12.5. The van der Waals surface area contributed by atoms with Crippen LogP contribution in [0, 0.1) is 0 Å². The minimum atomic E-state index is -0.467. The molecule has 29 heavy (non-hydrogen) atoms. The lowest BCUT2D eigenvalue weighted by Gasteiger charge is -2.10. The topological polar surface area (TPSA) is 79.2 Å². The normalized spacial score (nSPS) is 11.4. The van der Waals surface area contributed by atoms with E-state index in [-0.39, 0.29) is 17.6 Å². The Kier molecular flexibility index (Phi) is 6.14. The fourth-order valence-electron chi connectivity index (χ4n) is 2.83. The van der Waals surface area contributed by atoms with E-state index in [0.29, 0.717) is 22.5 Å². The van der Waals surface area contributed by atoms with Crippen LogP contribution >= 0.6 is 0 Å². The number of hydrogen-bond acceptors (Lipinski definition) is 3. The van der Waals surface area contributed by atoms with E-state index in [4.69, 9.17) is 0 Å². The number of nitrogens with one attached hydrogen (secondary N) is 2. The molecule has 0 radical (unpaired) electrons. The molecule has 2 amide bonds. The van der Waals surface area contributed by atoms with Gasteiger partial charge in [-0.25, -0.2) is 0 Å². The summed E-state index contributed by atoms with van der Waals surface area (Å²) < 4.78 is 1.74. The Morgan fingerprint density at radius 1 is 0.759 bits per heavy atom. The van der Waals surface area contributed by atoms with Crippen LogP contribution in [0.5, 0.6) is 0 Å². The number of nitrogens with zero attached hydrogens (tertiary/aromatic N) is 1. The molecule has 0 aliphatic carbocycles. The molecule has 6 heteroatoms. The number of benzene rings is 2. The molecule has 0 aliphatic rings. The van der Waals surface area contributed by atoms with Crippen LogP contribution in [-0.2, 0) is 9.59 Å². The van der Waals surface area contributed by atoms with Gasteiger partial charge in [0.15, 0.2) is 18.2 Å². The summed E-state index contributed by atoms with van der Waals surface area (Å²) in [6.07, 6.45) is 3.45. The Hall–Kier alpha value is -3.80. The van der Waals surface area contributed by atoms with Crippen molar-refractivity contribution in [3.05, 3.63) is 90.3 Å². The van der Waals surface area contributed by atoms with Crippen LogP contribution in [0.3, 0.4) is 0 Å². The highest BCUT2D eigenvalue weighted by molar-refractivity contribution is 6.08. The summed E-state index contributed by atoms with van der Waals surface area (Å²) in [4.78, 5) is 36.1. The van der Waals surface area contributed by atoms with E-state index < -0.39 is 6.04 Å². The van der Waals surface area contributed by atoms with Gasteiger partial charge in [-0.15, -0.1) is 0 Å². The molecule has 3 rings (SSSR count). The van der Waals surface area contributed by atoms with E-state index in [1.54, 1.807) is 72.4 Å². The van der Waals surface area contributed by atoms with Crippen molar-refractivity contribution in [3.8, 4) is 0 Å². The van der Waals surface area contributed by atoms with Crippen LogP contribution in [-0.4, -0.2) is 17.6 Å². The fourth-order valence-corrected chi connectivity index (χ4v) is 2.83. The summed E-state index contributed by atoms with van der Waals surface area (Å²) in [5.41, 5.74) is 2.48. The Labute approximate surface area is 169 Å². The highest BCUT2D eigenvalue weighted by Crippen LogP contribution is 2.15. The lowest BCUT2D eigenvalue weighted by Crippen LogP contribution is -2.44. The first kappa shape index (κ1) is 19.9. The highest BCUT2D eigenvalue weighted by atomic mass is 16.2. The summed E-state index contributed by atoms with van der Waals surface area (Å²) >= 11 is 0. The molecule has 1 atom stereocenters. The summed E-state index contributed by atoms with van der Waals surface area (Å²) in [5.74, 6) is -0.403. The van der Waals surface area contributed by atoms with Crippen LogP contribution in [0.1, 0.15) is 35.8 Å². The molecule has 2 aromatic carbocycles. The van der Waals surface area contributed by atoms with E-state index in [1.807, 2.05) is 18.2 Å². The second-order valence-electron chi connectivity index (χ2n) is 6.65. The first-order chi connectivity index (χ1) is 13.9. The number of carbonyl (C=O) groups is 3. The Morgan fingerprint density at radius 2 is 1.28 bits per heavy atom. The second kappa shape index (κ2) is 8.93. The van der Waals surface area contributed by atoms with Crippen molar-refractivity contribution in [2.75, 3.05) is 10.6 Å². The molecule has 0 spiro atoms. The third kappa shape index (κ3) is 5.13. The lowest BCUT2D eigenvalue weighted by atomic mass is 10.0. The summed E-state index contributed by atoms with van der Waals surface area (Å²) in [7, 11) is 0. The first-order valence-electron chi connectivity index (χ1n) is 9.23. The molecule has 0 fully saturated rings. The van der Waals surface area contributed by atoms with Crippen LogP contribution < -0.4 is 15.2 Å². The zero-order chi connectivity index (χ0) is 20.8. The predicted molar refractivity (Wildman–Crippen MR) is 111 cm³/mol. The zero-order valence-corrected chi connectivity index (χ0v) is 16.3. The molecule has 146 valence electrons. The van der Waals surface area contributed by atoms with Gasteiger partial charge in [-0.05, 0) is 24.3 Å². The Morgan fingerprint density at radius 3 is 1.83 bits per heavy atom. The van der Waals surface area contributed by atoms with Gasteiger partial charge < -0.3 is 10.6 Å². The number of anilines is 2. The number of aromatic nitrogens is 1. The van der Waals surface area contributed by atoms with Crippen LogP contribution in [0.25, 0.3) is 0 Å². The zero-order valence-electron chi connectivity index (χ0n) is 16.3. The van der Waals surface area contributed by atoms with Crippen molar-refractivity contribution in [1.82, 2.24) is 0 Å². The standard InChI is InChI=1S/C23H21N3O3/c1-16(23(29)25-21-10-8-20(9-11-21)24-17(2)27)26-14-12-19(13-15-26)22(28)18-6-4-3-5-7-18/h3-16,28H,1-2H3/p+1/t16-/m0/s1. The molecule has 6 nitrogen and oxygen atoms in total. The first-order valence-corrected chi connectivity index (χ1v) is 9.23. The predicted octanol–water partition coefficient (Wildman–Crippen LogP) is 3.36. The highest BCUT2D eigenvalue weighted by Gasteiger charge is 2.22. The van der Waals surface area contributed by atoms with Gasteiger partial charge in [0.25, 0.3) is 5.91 Å². The lowest BCUT2D eigenvalue weighted by molar-refractivity contribution is -0.705. The van der Waals surface area contributed by atoms with Crippen LogP contribution in [0.2, 0.25) is 0 Å². The minimum Gasteiger partial charge on any atom is -0.326 e. The summed E-state index contributed by atoms with van der Waals surface area (Å²) in [6.45, 7) is 3.22. The van der Waals surface area contributed by atoms with Gasteiger partial charge in [0.05, 0.1) is 0 Å². The van der Waals surface area contributed by atoms with Gasteiger partial charge >= 0.3 is 0 Å². The van der Waals surface area contributed by atoms with Crippen LogP contribution in [0.4, 0.5) is 11.4 Å². The number of rotatable bonds is 6. The van der Waals surface area contributed by atoms with Crippen LogP contribution in [0.15, 0.2) is 79.1 Å². The van der Waals surface area contributed by atoms with Crippen molar-refractivity contribution in [2.45, 2.75) is 19.9 Å². The van der Waals surface area contributed by atoms with E-state index in [2.05, 4.69) is 10.6 Å². The molecule has 2 N–H and O–H groups in total. The molecule has 0 bridgehead atoms. The monoisotopic (exact) mass is 388 g/mol. The Bertz CT molecular complexity index is 1010. The molecule has 3 aromatic rings. The minimum absolute atomic E-state index is 0.0610. The maximum Gasteiger partial charge on any atom is 0.293 e. The molecule has 0 saturated heterocycles. The van der Waals surface area contributed by atoms with E-state index >= 15 is 0 Å². The van der Waals surface area contributed by atoms with Gasteiger partial charge in [-0.3, -0.25) is 14.4 Å². The fraction of sp³-hybridized carbons (Fsp3) is 0.130. The average Bonchev–Trinajstić information content (AvgIpc) is 2.74. The summed E-state index contributed by atoms with van der Waals surface area (Å²) in [6, 6.07) is 18.9. The molecule has 0 aliphatic heterocycles. The van der Waals surface area contributed by atoms with Gasteiger partial charge in [0.2, 0.25) is 11.9 Å². The second-order valence-corrected chi connectivity index (χ2v) is 6.65. The maximum absolute atomic E-state index is 12.5. The van der Waals surface area contributed by atoms with Crippen molar-refractivity contribution in [1.29, 1.82) is 0 Å². The Balaban J connectivity index is 1.65. The number of ketones is 1. The van der Waals surface area contributed by atoms with Crippen molar-refractivity contribution >= 4 is 29.0 Å². The number of pyridine rings is 1. The van der Waals surface area contributed by atoms with E-state index in [9.17, 15) is 14.4 Å². The average molecular weight is 388 g/mol.